The van der Waals surface area contributed by atoms with Crippen LogP contribution in [0.2, 0.25) is 0 Å². The van der Waals surface area contributed by atoms with Crippen molar-refractivity contribution in [3.8, 4) is 0 Å². The summed E-state index contributed by atoms with van der Waals surface area (Å²) in [7, 11) is 1.50. The lowest BCUT2D eigenvalue weighted by Gasteiger charge is -2.04. The number of aromatic nitrogens is 2. The highest BCUT2D eigenvalue weighted by atomic mass is 16.2. The number of hydrogen-bond acceptors (Lipinski definition) is 3. The topological polar surface area (TPSA) is 61.1 Å². The average molecular weight is 210 g/mol. The summed E-state index contributed by atoms with van der Waals surface area (Å²) in [5.74, 6) is -0.0344. The van der Waals surface area contributed by atoms with E-state index in [-0.39, 0.29) is 12.3 Å². The molecule has 0 amide bonds. The molecule has 0 bridgehead atoms. The third-order valence-corrected chi connectivity index (χ3v) is 2.11. The molecule has 0 unspecified atom stereocenters. The Kier molecular flexibility index (Phi) is 3.60. The number of hydrogen-bond donors (Lipinski definition) is 0. The summed E-state index contributed by atoms with van der Waals surface area (Å²) in [6, 6.07) is 0. The maximum atomic E-state index is 11.4. The molecular formula is C10H14N2O3. The molecule has 0 atom stereocenters. The third kappa shape index (κ3) is 2.65. The van der Waals surface area contributed by atoms with E-state index >= 15 is 0 Å². The van der Waals surface area contributed by atoms with Crippen molar-refractivity contribution in [1.82, 2.24) is 9.13 Å². The van der Waals surface area contributed by atoms with E-state index in [1.54, 1.807) is 0 Å². The Morgan fingerprint density at radius 1 is 1.27 bits per heavy atom. The van der Waals surface area contributed by atoms with E-state index in [0.29, 0.717) is 6.42 Å². The number of carbonyl (C=O) groups excluding carboxylic acids is 1. The molecule has 0 N–H and O–H groups in total. The maximum Gasteiger partial charge on any atom is 0.316 e. The Balaban J connectivity index is 2.98. The molecule has 1 rings (SSSR count). The second-order valence-electron chi connectivity index (χ2n) is 3.44. The Morgan fingerprint density at radius 3 is 2.53 bits per heavy atom. The van der Waals surface area contributed by atoms with Crippen LogP contribution in [-0.2, 0) is 18.4 Å². The summed E-state index contributed by atoms with van der Waals surface area (Å²) in [5, 5.41) is 0. The van der Waals surface area contributed by atoms with Crippen molar-refractivity contribution >= 4 is 5.78 Å². The molecule has 0 aliphatic rings. The highest BCUT2D eigenvalue weighted by Crippen LogP contribution is 1.91. The van der Waals surface area contributed by atoms with Crippen LogP contribution in [0.4, 0.5) is 0 Å². The first-order valence-electron chi connectivity index (χ1n) is 4.84. The molecule has 0 saturated heterocycles. The first-order valence-corrected chi connectivity index (χ1v) is 4.84. The summed E-state index contributed by atoms with van der Waals surface area (Å²) in [6.45, 7) is 1.88. The third-order valence-electron chi connectivity index (χ3n) is 2.11. The van der Waals surface area contributed by atoms with Gasteiger partial charge in [0.2, 0.25) is 0 Å². The van der Waals surface area contributed by atoms with Crippen molar-refractivity contribution in [2.24, 2.45) is 7.05 Å². The fourth-order valence-electron chi connectivity index (χ4n) is 1.26. The highest BCUT2D eigenvalue weighted by Gasteiger charge is 2.06. The number of carbonyl (C=O) groups is 1. The van der Waals surface area contributed by atoms with Crippen LogP contribution in [0.25, 0.3) is 0 Å². The Hall–Kier alpha value is -1.65. The molecule has 82 valence electrons. The van der Waals surface area contributed by atoms with Crippen molar-refractivity contribution in [2.45, 2.75) is 26.3 Å². The van der Waals surface area contributed by atoms with Crippen LogP contribution in [0.3, 0.4) is 0 Å². The van der Waals surface area contributed by atoms with Gasteiger partial charge in [-0.3, -0.25) is 14.4 Å². The van der Waals surface area contributed by atoms with Gasteiger partial charge in [0.1, 0.15) is 0 Å². The zero-order valence-corrected chi connectivity index (χ0v) is 8.90. The highest BCUT2D eigenvalue weighted by molar-refractivity contribution is 5.78. The van der Waals surface area contributed by atoms with Gasteiger partial charge in [-0.2, -0.15) is 0 Å². The molecule has 5 nitrogen and oxygen atoms in total. The van der Waals surface area contributed by atoms with Gasteiger partial charge < -0.3 is 9.13 Å². The van der Waals surface area contributed by atoms with E-state index in [4.69, 9.17) is 0 Å². The summed E-state index contributed by atoms with van der Waals surface area (Å²) < 4.78 is 2.35. The zero-order chi connectivity index (χ0) is 11.4. The van der Waals surface area contributed by atoms with Gasteiger partial charge in [0.15, 0.2) is 5.78 Å². The molecule has 15 heavy (non-hydrogen) atoms. The standard InChI is InChI=1S/C10H14N2O3/c1-3-4-8(13)7-12-6-5-11(2)9(14)10(12)15/h5-6H,3-4,7H2,1-2H3. The van der Waals surface area contributed by atoms with Crippen molar-refractivity contribution in [1.29, 1.82) is 0 Å². The first-order chi connectivity index (χ1) is 7.06. The normalized spacial score (nSPS) is 10.3. The van der Waals surface area contributed by atoms with Crippen molar-refractivity contribution in [3.63, 3.8) is 0 Å². The van der Waals surface area contributed by atoms with E-state index in [1.165, 1.54) is 24.0 Å². The van der Waals surface area contributed by atoms with Crippen LogP contribution in [0.15, 0.2) is 22.0 Å². The lowest BCUT2D eigenvalue weighted by Crippen LogP contribution is -2.40. The predicted octanol–water partition coefficient (Wildman–Crippen LogP) is -0.0838. The van der Waals surface area contributed by atoms with Crippen LogP contribution >= 0.6 is 0 Å². The second-order valence-corrected chi connectivity index (χ2v) is 3.44. The fourth-order valence-corrected chi connectivity index (χ4v) is 1.26. The van der Waals surface area contributed by atoms with Crippen molar-refractivity contribution < 1.29 is 4.79 Å². The van der Waals surface area contributed by atoms with E-state index in [0.717, 1.165) is 11.0 Å². The summed E-state index contributed by atoms with van der Waals surface area (Å²) in [4.78, 5) is 33.9. The van der Waals surface area contributed by atoms with Gasteiger partial charge in [0, 0.05) is 25.9 Å². The van der Waals surface area contributed by atoms with E-state index in [1.807, 2.05) is 6.92 Å². The Morgan fingerprint density at radius 2 is 1.93 bits per heavy atom. The average Bonchev–Trinajstić information content (AvgIpc) is 2.20. The minimum Gasteiger partial charge on any atom is -0.312 e. The molecule has 0 saturated carbocycles. The van der Waals surface area contributed by atoms with Crippen LogP contribution < -0.4 is 11.1 Å². The minimum atomic E-state index is -0.649. The largest absolute Gasteiger partial charge is 0.316 e. The lowest BCUT2D eigenvalue weighted by molar-refractivity contribution is -0.119. The van der Waals surface area contributed by atoms with Gasteiger partial charge in [-0.05, 0) is 6.42 Å². The summed E-state index contributed by atoms with van der Waals surface area (Å²) in [6.07, 6.45) is 4.11. The quantitative estimate of drug-likeness (QED) is 0.653. The summed E-state index contributed by atoms with van der Waals surface area (Å²) in [5.41, 5.74) is -1.26. The molecule has 0 aliphatic heterocycles. The lowest BCUT2D eigenvalue weighted by atomic mass is 10.2. The van der Waals surface area contributed by atoms with E-state index in [9.17, 15) is 14.4 Å². The number of aryl methyl sites for hydroxylation is 1. The first kappa shape index (κ1) is 11.4. The number of rotatable bonds is 4. The van der Waals surface area contributed by atoms with Crippen LogP contribution in [-0.4, -0.2) is 14.9 Å². The van der Waals surface area contributed by atoms with Gasteiger partial charge >= 0.3 is 11.1 Å². The SMILES string of the molecule is CCCC(=O)Cn1ccn(C)c(=O)c1=O. The van der Waals surface area contributed by atoms with Gasteiger partial charge in [-0.1, -0.05) is 6.92 Å². The van der Waals surface area contributed by atoms with Gasteiger partial charge in [-0.15, -0.1) is 0 Å². The molecule has 0 spiro atoms. The Labute approximate surface area is 87.0 Å². The molecule has 5 heteroatoms. The molecule has 0 fully saturated rings. The molecule has 1 aromatic heterocycles. The van der Waals surface area contributed by atoms with Gasteiger partial charge in [-0.25, -0.2) is 0 Å². The van der Waals surface area contributed by atoms with Gasteiger partial charge in [0.25, 0.3) is 0 Å². The number of Topliss-reactive ketones (excluding diaryl/α,β-unsaturated/α-hetero) is 1. The number of ketones is 1. The summed E-state index contributed by atoms with van der Waals surface area (Å²) >= 11 is 0. The van der Waals surface area contributed by atoms with Crippen LogP contribution in [0.1, 0.15) is 19.8 Å². The van der Waals surface area contributed by atoms with E-state index < -0.39 is 11.1 Å². The molecular weight excluding hydrogens is 196 g/mol. The Bertz CT molecular complexity index is 470. The molecule has 0 aliphatic carbocycles. The second kappa shape index (κ2) is 4.72. The molecule has 0 aromatic carbocycles. The molecule has 1 aromatic rings. The van der Waals surface area contributed by atoms with Crippen LogP contribution in [0.5, 0.6) is 0 Å². The smallest absolute Gasteiger partial charge is 0.312 e. The molecule has 0 radical (unpaired) electrons. The maximum absolute atomic E-state index is 11.4. The number of nitrogens with zero attached hydrogens (tertiary/aromatic N) is 2. The van der Waals surface area contributed by atoms with Crippen molar-refractivity contribution in [2.75, 3.05) is 0 Å². The van der Waals surface area contributed by atoms with E-state index in [2.05, 4.69) is 0 Å². The molecule has 1 heterocycles. The minimum absolute atomic E-state index is 0.0112. The monoisotopic (exact) mass is 210 g/mol. The van der Waals surface area contributed by atoms with Crippen molar-refractivity contribution in [3.05, 3.63) is 33.1 Å². The van der Waals surface area contributed by atoms with Crippen LogP contribution in [0, 0.1) is 0 Å². The fraction of sp³-hybridized carbons (Fsp3) is 0.500. The predicted molar refractivity (Wildman–Crippen MR) is 55.9 cm³/mol. The van der Waals surface area contributed by atoms with Gasteiger partial charge in [0.05, 0.1) is 6.54 Å². The zero-order valence-electron chi connectivity index (χ0n) is 8.90.